The normalized spacial score (nSPS) is 10.8. The van der Waals surface area contributed by atoms with Crippen LogP contribution in [-0.4, -0.2) is 21.6 Å². The van der Waals surface area contributed by atoms with E-state index in [2.05, 4.69) is 4.98 Å². The molecule has 3 heterocycles. The van der Waals surface area contributed by atoms with Gasteiger partial charge < -0.3 is 5.11 Å². The highest BCUT2D eigenvalue weighted by molar-refractivity contribution is 8.00. The molecule has 4 nitrogen and oxygen atoms in total. The number of nitrogens with zero attached hydrogens (tertiary/aromatic N) is 2. The van der Waals surface area contributed by atoms with Crippen LogP contribution in [0.2, 0.25) is 0 Å². The summed E-state index contributed by atoms with van der Waals surface area (Å²) in [5.41, 5.74) is 0. The lowest BCUT2D eigenvalue weighted by Gasteiger charge is -1.97. The van der Waals surface area contributed by atoms with E-state index in [-0.39, 0.29) is 17.4 Å². The minimum absolute atomic E-state index is 0.0113. The maximum absolute atomic E-state index is 12.2. The minimum atomic E-state index is -0.0909. The van der Waals surface area contributed by atoms with Crippen LogP contribution in [0.5, 0.6) is 5.88 Å². The molecule has 0 saturated heterocycles. The number of pyridine rings is 2. The fourth-order valence-electron chi connectivity index (χ4n) is 1.76. The van der Waals surface area contributed by atoms with Gasteiger partial charge in [-0.3, -0.25) is 4.79 Å². The second-order valence-corrected chi connectivity index (χ2v) is 6.07. The van der Waals surface area contributed by atoms with Crippen LogP contribution in [0, 0.1) is 0 Å². The summed E-state index contributed by atoms with van der Waals surface area (Å²) in [6.07, 6.45) is 3.43. The van der Waals surface area contributed by atoms with E-state index in [4.69, 9.17) is 0 Å². The minimum Gasteiger partial charge on any atom is -0.458 e. The number of Topliss-reactive ketones (excluding diaryl/α,β-unsaturated/α-hetero) is 1. The van der Waals surface area contributed by atoms with Gasteiger partial charge in [0.2, 0.25) is 0 Å². The van der Waals surface area contributed by atoms with E-state index in [0.29, 0.717) is 4.88 Å². The van der Waals surface area contributed by atoms with Crippen molar-refractivity contribution in [2.24, 2.45) is 0 Å². The molecule has 3 aromatic heterocycles. The van der Waals surface area contributed by atoms with E-state index in [0.717, 1.165) is 9.86 Å². The zero-order valence-corrected chi connectivity index (χ0v) is 12.0. The first-order valence-corrected chi connectivity index (χ1v) is 7.75. The molecule has 100 valence electrons. The number of ketones is 1. The van der Waals surface area contributed by atoms with Crippen molar-refractivity contribution >= 4 is 33.7 Å². The summed E-state index contributed by atoms with van der Waals surface area (Å²) in [5, 5.41) is 10.9. The first-order chi connectivity index (χ1) is 9.75. The molecule has 0 aromatic carbocycles. The molecule has 0 aliphatic carbocycles. The van der Waals surface area contributed by atoms with Gasteiger partial charge in [-0.1, -0.05) is 29.2 Å². The highest BCUT2D eigenvalue weighted by atomic mass is 32.2. The Balaban J connectivity index is 1.81. The second kappa shape index (κ2) is 5.60. The monoisotopic (exact) mass is 303 g/mol. The van der Waals surface area contributed by atoms with Gasteiger partial charge >= 0.3 is 5.88 Å². The van der Waals surface area contributed by atoms with Crippen LogP contribution in [0.1, 0.15) is 9.67 Å². The zero-order valence-electron chi connectivity index (χ0n) is 10.4. The number of hydrogen-bond acceptors (Lipinski definition) is 5. The molecule has 0 amide bonds. The highest BCUT2D eigenvalue weighted by Gasteiger charge is 2.25. The molecule has 0 saturated carbocycles. The summed E-state index contributed by atoms with van der Waals surface area (Å²) in [5.74, 6) is 0.182. The number of rotatable bonds is 4. The number of carbonyl (C=O) groups excluding carboxylic acids is 1. The Labute approximate surface area is 123 Å². The molecular weight excluding hydrogens is 292 g/mol. The standard InChI is InChI=1S/C14H10N2O2S2/c17-10(9-19-11-5-1-3-7-15-11)13-14(18)16-8-4-2-6-12(16)20-13/h1-8H,9H2/p+1. The van der Waals surface area contributed by atoms with Crippen LogP contribution in [0.4, 0.5) is 0 Å². The van der Waals surface area contributed by atoms with Crippen molar-refractivity contribution in [3.63, 3.8) is 0 Å². The van der Waals surface area contributed by atoms with Crippen LogP contribution in [0.3, 0.4) is 0 Å². The molecule has 0 fully saturated rings. The maximum Gasteiger partial charge on any atom is 0.393 e. The molecule has 0 bridgehead atoms. The van der Waals surface area contributed by atoms with E-state index in [1.54, 1.807) is 16.8 Å². The molecule has 0 atom stereocenters. The van der Waals surface area contributed by atoms with Gasteiger partial charge in [-0.15, -0.1) is 4.40 Å². The predicted molar refractivity (Wildman–Crippen MR) is 78.4 cm³/mol. The molecule has 1 N–H and O–H groups in total. The van der Waals surface area contributed by atoms with E-state index >= 15 is 0 Å². The van der Waals surface area contributed by atoms with Crippen LogP contribution < -0.4 is 4.40 Å². The molecule has 0 aliphatic rings. The van der Waals surface area contributed by atoms with Crippen molar-refractivity contribution in [1.29, 1.82) is 0 Å². The molecule has 3 rings (SSSR count). The topological polar surface area (TPSA) is 54.3 Å². The van der Waals surface area contributed by atoms with Crippen molar-refractivity contribution in [2.75, 3.05) is 5.75 Å². The van der Waals surface area contributed by atoms with Gasteiger partial charge in [-0.2, -0.15) is 0 Å². The lowest BCUT2D eigenvalue weighted by molar-refractivity contribution is -0.518. The number of hydrogen-bond donors (Lipinski definition) is 1. The number of thiazole rings is 1. The number of thioether (sulfide) groups is 1. The first-order valence-electron chi connectivity index (χ1n) is 5.95. The van der Waals surface area contributed by atoms with Crippen molar-refractivity contribution in [2.45, 2.75) is 5.03 Å². The molecule has 20 heavy (non-hydrogen) atoms. The zero-order chi connectivity index (χ0) is 13.9. The van der Waals surface area contributed by atoms with Crippen LogP contribution in [-0.2, 0) is 0 Å². The third-order valence-corrected chi connectivity index (χ3v) is 4.80. The van der Waals surface area contributed by atoms with E-state index < -0.39 is 0 Å². The largest absolute Gasteiger partial charge is 0.458 e. The fraction of sp³-hybridized carbons (Fsp3) is 0.0714. The fourth-order valence-corrected chi connectivity index (χ4v) is 3.57. The summed E-state index contributed by atoms with van der Waals surface area (Å²) < 4.78 is 1.61. The van der Waals surface area contributed by atoms with Crippen molar-refractivity contribution in [1.82, 2.24) is 4.98 Å². The Morgan fingerprint density at radius 1 is 1.30 bits per heavy atom. The third-order valence-electron chi connectivity index (χ3n) is 2.70. The summed E-state index contributed by atoms with van der Waals surface area (Å²) in [6.45, 7) is 0. The number of carbonyl (C=O) groups is 1. The molecule has 3 aromatic rings. The highest BCUT2D eigenvalue weighted by Crippen LogP contribution is 2.25. The van der Waals surface area contributed by atoms with Gasteiger partial charge in [0.15, 0.2) is 16.9 Å². The molecule has 0 aliphatic heterocycles. The quantitative estimate of drug-likeness (QED) is 0.457. The number of fused-ring (bicyclic) bond motifs is 1. The summed E-state index contributed by atoms with van der Waals surface area (Å²) in [6, 6.07) is 11.1. The Hall–Kier alpha value is -1.92. The van der Waals surface area contributed by atoms with Crippen LogP contribution in [0.15, 0.2) is 53.8 Å². The molecule has 0 unspecified atom stereocenters. The summed E-state index contributed by atoms with van der Waals surface area (Å²) in [7, 11) is 0. The smallest absolute Gasteiger partial charge is 0.393 e. The van der Waals surface area contributed by atoms with Gasteiger partial charge in [-0.25, -0.2) is 4.98 Å². The lowest BCUT2D eigenvalue weighted by Crippen LogP contribution is -2.18. The predicted octanol–water partition coefficient (Wildman–Crippen LogP) is 2.56. The number of aromatic nitrogens is 2. The Morgan fingerprint density at radius 2 is 2.15 bits per heavy atom. The van der Waals surface area contributed by atoms with Crippen molar-refractivity contribution in [3.8, 4) is 5.88 Å². The van der Waals surface area contributed by atoms with Gasteiger partial charge in [0.25, 0.3) is 4.83 Å². The van der Waals surface area contributed by atoms with E-state index in [1.165, 1.54) is 23.1 Å². The molecule has 6 heteroatoms. The Bertz CT molecular complexity index is 756. The number of aromatic hydroxyl groups is 1. The summed E-state index contributed by atoms with van der Waals surface area (Å²) >= 11 is 2.66. The first kappa shape index (κ1) is 13.1. The molecule has 0 spiro atoms. The Kier molecular flexibility index (Phi) is 3.66. The van der Waals surface area contributed by atoms with E-state index in [9.17, 15) is 9.90 Å². The SMILES string of the molecule is O=C(CSc1ccccn1)c1sc2cccc[n+]2c1O. The molecular formula is C14H11N2O2S2+. The van der Waals surface area contributed by atoms with Gasteiger partial charge in [-0.05, 0) is 18.2 Å². The van der Waals surface area contributed by atoms with Gasteiger partial charge in [0, 0.05) is 18.3 Å². The van der Waals surface area contributed by atoms with Crippen LogP contribution >= 0.6 is 23.1 Å². The van der Waals surface area contributed by atoms with Crippen molar-refractivity contribution in [3.05, 3.63) is 53.7 Å². The Morgan fingerprint density at radius 3 is 2.90 bits per heavy atom. The average molecular weight is 303 g/mol. The third kappa shape index (κ3) is 2.52. The average Bonchev–Trinajstić information content (AvgIpc) is 2.84. The van der Waals surface area contributed by atoms with Crippen molar-refractivity contribution < 1.29 is 14.3 Å². The summed E-state index contributed by atoms with van der Waals surface area (Å²) in [4.78, 5) is 17.6. The molecule has 0 radical (unpaired) electrons. The maximum atomic E-state index is 12.2. The van der Waals surface area contributed by atoms with Crippen LogP contribution in [0.25, 0.3) is 4.83 Å². The van der Waals surface area contributed by atoms with Gasteiger partial charge in [0.05, 0.1) is 10.8 Å². The second-order valence-electron chi connectivity index (χ2n) is 4.04. The van der Waals surface area contributed by atoms with Gasteiger partial charge in [0.1, 0.15) is 0 Å². The lowest BCUT2D eigenvalue weighted by atomic mass is 10.4. The van der Waals surface area contributed by atoms with E-state index in [1.807, 2.05) is 36.4 Å².